The molecule has 27 heavy (non-hydrogen) atoms. The van der Waals surface area contributed by atoms with Gasteiger partial charge in [0.2, 0.25) is 5.88 Å². The minimum Gasteiger partial charge on any atom is -0.457 e. The van der Waals surface area contributed by atoms with Crippen molar-refractivity contribution in [3.63, 3.8) is 0 Å². The van der Waals surface area contributed by atoms with Crippen molar-refractivity contribution in [3.05, 3.63) is 89.1 Å². The summed E-state index contributed by atoms with van der Waals surface area (Å²) in [4.78, 5) is 12.4. The van der Waals surface area contributed by atoms with Gasteiger partial charge in [0.25, 0.3) is 0 Å². The highest BCUT2D eigenvalue weighted by molar-refractivity contribution is 7.12. The Morgan fingerprint density at radius 3 is 2.22 bits per heavy atom. The lowest BCUT2D eigenvalue weighted by atomic mass is 10.1. The van der Waals surface area contributed by atoms with Crippen LogP contribution in [0.25, 0.3) is 11.3 Å². The smallest absolute Gasteiger partial charge is 0.355 e. The predicted octanol–water partition coefficient (Wildman–Crippen LogP) is 5.22. The molecule has 4 aromatic rings. The van der Waals surface area contributed by atoms with Gasteiger partial charge in [-0.25, -0.2) is 4.79 Å². The first-order valence-electron chi connectivity index (χ1n) is 8.21. The topological polar surface area (TPSA) is 61.3 Å². The zero-order chi connectivity index (χ0) is 18.5. The number of esters is 1. The summed E-state index contributed by atoms with van der Waals surface area (Å²) < 4.78 is 11.0. The second kappa shape index (κ2) is 7.80. The number of benzene rings is 2. The van der Waals surface area contributed by atoms with Crippen molar-refractivity contribution < 1.29 is 14.3 Å². The second-order valence-electron chi connectivity index (χ2n) is 5.56. The Morgan fingerprint density at radius 2 is 1.56 bits per heavy atom. The van der Waals surface area contributed by atoms with Gasteiger partial charge >= 0.3 is 5.97 Å². The van der Waals surface area contributed by atoms with Crippen LogP contribution in [0.5, 0.6) is 17.4 Å². The molecular formula is C21H14N2O3S. The molecule has 0 aliphatic carbocycles. The highest BCUT2D eigenvalue weighted by atomic mass is 32.1. The third kappa shape index (κ3) is 4.19. The Morgan fingerprint density at radius 1 is 0.778 bits per heavy atom. The molecule has 0 fully saturated rings. The van der Waals surface area contributed by atoms with E-state index < -0.39 is 5.97 Å². The van der Waals surface area contributed by atoms with Gasteiger partial charge in [-0.3, -0.25) is 0 Å². The molecule has 0 bridgehead atoms. The number of ether oxygens (including phenoxy) is 2. The first-order chi connectivity index (χ1) is 13.3. The van der Waals surface area contributed by atoms with Gasteiger partial charge in [-0.1, -0.05) is 24.3 Å². The molecule has 2 aromatic carbocycles. The van der Waals surface area contributed by atoms with E-state index in [9.17, 15) is 4.79 Å². The largest absolute Gasteiger partial charge is 0.457 e. The van der Waals surface area contributed by atoms with Crippen molar-refractivity contribution in [2.75, 3.05) is 0 Å². The van der Waals surface area contributed by atoms with E-state index in [4.69, 9.17) is 9.47 Å². The second-order valence-corrected chi connectivity index (χ2v) is 6.51. The van der Waals surface area contributed by atoms with Gasteiger partial charge in [-0.2, -0.15) is 0 Å². The Labute approximate surface area is 159 Å². The van der Waals surface area contributed by atoms with Crippen molar-refractivity contribution in [1.82, 2.24) is 10.2 Å². The molecule has 0 aliphatic heterocycles. The summed E-state index contributed by atoms with van der Waals surface area (Å²) in [5.74, 6) is 1.25. The van der Waals surface area contributed by atoms with Crippen molar-refractivity contribution in [3.8, 4) is 28.6 Å². The normalized spacial score (nSPS) is 10.4. The van der Waals surface area contributed by atoms with Crippen LogP contribution in [0.15, 0.2) is 84.2 Å². The van der Waals surface area contributed by atoms with Gasteiger partial charge in [0.15, 0.2) is 0 Å². The summed E-state index contributed by atoms with van der Waals surface area (Å²) in [6.45, 7) is 0. The van der Waals surface area contributed by atoms with Gasteiger partial charge in [-0.05, 0) is 53.9 Å². The van der Waals surface area contributed by atoms with Crippen LogP contribution in [0.2, 0.25) is 0 Å². The maximum atomic E-state index is 11.9. The monoisotopic (exact) mass is 374 g/mol. The minimum atomic E-state index is -0.436. The van der Waals surface area contributed by atoms with E-state index >= 15 is 0 Å². The Balaban J connectivity index is 1.43. The third-order valence-electron chi connectivity index (χ3n) is 3.69. The zero-order valence-corrected chi connectivity index (χ0v) is 14.9. The van der Waals surface area contributed by atoms with E-state index in [0.717, 1.165) is 17.1 Å². The summed E-state index contributed by atoms with van der Waals surface area (Å²) >= 11 is 1.32. The quantitative estimate of drug-likeness (QED) is 0.448. The Hall–Kier alpha value is -3.51. The minimum absolute atomic E-state index is 0.168. The fourth-order valence-electron chi connectivity index (χ4n) is 2.39. The number of nitrogens with zero attached hydrogens (tertiary/aromatic N) is 2. The zero-order valence-electron chi connectivity index (χ0n) is 14.1. The van der Waals surface area contributed by atoms with Gasteiger partial charge in [-0.15, -0.1) is 21.5 Å². The maximum absolute atomic E-state index is 11.9. The van der Waals surface area contributed by atoms with Gasteiger partial charge in [0.1, 0.15) is 16.4 Å². The van der Waals surface area contributed by atoms with E-state index in [1.807, 2.05) is 60.0 Å². The van der Waals surface area contributed by atoms with Crippen LogP contribution < -0.4 is 9.47 Å². The number of carbonyl (C=O) groups excluding carboxylic acids is 1. The number of thiophene rings is 1. The average molecular weight is 374 g/mol. The first-order valence-corrected chi connectivity index (χ1v) is 9.09. The summed E-state index contributed by atoms with van der Waals surface area (Å²) in [6, 6.07) is 24.0. The van der Waals surface area contributed by atoms with Gasteiger partial charge in [0, 0.05) is 11.6 Å². The predicted molar refractivity (Wildman–Crippen MR) is 103 cm³/mol. The average Bonchev–Trinajstić information content (AvgIpc) is 3.25. The highest BCUT2D eigenvalue weighted by Gasteiger charge is 2.11. The van der Waals surface area contributed by atoms with Crippen LogP contribution in [0, 0.1) is 0 Å². The summed E-state index contributed by atoms with van der Waals surface area (Å²) in [5, 5.41) is 9.92. The molecule has 0 saturated heterocycles. The van der Waals surface area contributed by atoms with Crippen molar-refractivity contribution in [2.24, 2.45) is 0 Å². The molecule has 0 spiro atoms. The molecule has 0 unspecified atom stereocenters. The summed E-state index contributed by atoms with van der Waals surface area (Å²) in [5.41, 5.74) is 1.57. The van der Waals surface area contributed by atoms with E-state index in [0.29, 0.717) is 10.6 Å². The molecule has 6 heteroatoms. The van der Waals surface area contributed by atoms with Crippen LogP contribution in [0.1, 0.15) is 9.67 Å². The SMILES string of the molecule is O=C(Oc1ccc(-c2ccc(Oc3ccccc3)cc2)nn1)c1cccs1. The Bertz CT molecular complexity index is 1020. The van der Waals surface area contributed by atoms with Gasteiger partial charge < -0.3 is 9.47 Å². The maximum Gasteiger partial charge on any atom is 0.355 e. The van der Waals surface area contributed by atoms with Crippen LogP contribution in [-0.4, -0.2) is 16.2 Å². The van der Waals surface area contributed by atoms with Crippen LogP contribution in [0.4, 0.5) is 0 Å². The molecule has 132 valence electrons. The molecule has 0 radical (unpaired) electrons. The number of hydrogen-bond acceptors (Lipinski definition) is 6. The number of para-hydroxylation sites is 1. The van der Waals surface area contributed by atoms with Crippen LogP contribution in [-0.2, 0) is 0 Å². The molecule has 0 amide bonds. The summed E-state index contributed by atoms with van der Waals surface area (Å²) in [6.07, 6.45) is 0. The lowest BCUT2D eigenvalue weighted by molar-refractivity contribution is 0.0731. The molecule has 0 N–H and O–H groups in total. The van der Waals surface area contributed by atoms with E-state index in [2.05, 4.69) is 10.2 Å². The van der Waals surface area contributed by atoms with E-state index in [1.165, 1.54) is 11.3 Å². The Kier molecular flexibility index (Phi) is 4.89. The van der Waals surface area contributed by atoms with Crippen molar-refractivity contribution in [2.45, 2.75) is 0 Å². The molecule has 0 aliphatic rings. The van der Waals surface area contributed by atoms with Crippen molar-refractivity contribution >= 4 is 17.3 Å². The molecular weight excluding hydrogens is 360 g/mol. The lowest BCUT2D eigenvalue weighted by Crippen LogP contribution is -2.08. The third-order valence-corrected chi connectivity index (χ3v) is 4.54. The number of rotatable bonds is 5. The van der Waals surface area contributed by atoms with Crippen LogP contribution in [0.3, 0.4) is 0 Å². The van der Waals surface area contributed by atoms with Gasteiger partial charge in [0.05, 0.1) is 5.69 Å². The highest BCUT2D eigenvalue weighted by Crippen LogP contribution is 2.25. The fraction of sp³-hybridized carbons (Fsp3) is 0. The molecule has 4 rings (SSSR count). The molecule has 5 nitrogen and oxygen atoms in total. The van der Waals surface area contributed by atoms with E-state index in [-0.39, 0.29) is 5.88 Å². The number of hydrogen-bond donors (Lipinski definition) is 0. The molecule has 2 heterocycles. The summed E-state index contributed by atoms with van der Waals surface area (Å²) in [7, 11) is 0. The standard InChI is InChI=1S/C21H14N2O3S/c24-21(19-7-4-14-27-19)26-20-13-12-18(22-23-20)15-8-10-17(11-9-15)25-16-5-2-1-3-6-16/h1-14H. The van der Waals surface area contributed by atoms with E-state index in [1.54, 1.807) is 24.3 Å². The number of carbonyl (C=O) groups is 1. The first kappa shape index (κ1) is 16.9. The number of aromatic nitrogens is 2. The van der Waals surface area contributed by atoms with Crippen molar-refractivity contribution in [1.29, 1.82) is 0 Å². The lowest BCUT2D eigenvalue weighted by Gasteiger charge is -2.07. The molecule has 2 aromatic heterocycles. The van der Waals surface area contributed by atoms with Crippen LogP contribution >= 0.6 is 11.3 Å². The molecule has 0 saturated carbocycles. The fourth-order valence-corrected chi connectivity index (χ4v) is 2.99. The molecule has 0 atom stereocenters.